The van der Waals surface area contributed by atoms with Gasteiger partial charge in [0.2, 0.25) is 5.91 Å². The average molecular weight is 477 g/mol. The first kappa shape index (κ1) is 24.7. The van der Waals surface area contributed by atoms with Gasteiger partial charge in [-0.1, -0.05) is 43.5 Å². The number of carbonyl (C=O) groups is 2. The van der Waals surface area contributed by atoms with Crippen LogP contribution in [0.2, 0.25) is 0 Å². The summed E-state index contributed by atoms with van der Waals surface area (Å²) in [5, 5.41) is 5.62. The van der Waals surface area contributed by atoms with Crippen LogP contribution in [0, 0.1) is 5.82 Å². The van der Waals surface area contributed by atoms with E-state index in [1.807, 2.05) is 0 Å². The van der Waals surface area contributed by atoms with Crippen LogP contribution < -0.4 is 14.9 Å². The molecule has 0 saturated heterocycles. The topological polar surface area (TPSA) is 98.8 Å². The Hall–Kier alpha value is -2.98. The lowest BCUT2D eigenvalue weighted by atomic mass is 9.95. The molecule has 1 saturated carbocycles. The lowest BCUT2D eigenvalue weighted by Gasteiger charge is -2.27. The number of hydrogen-bond donors (Lipinski definition) is 2. The molecule has 0 heterocycles. The lowest BCUT2D eigenvalue weighted by molar-refractivity contribution is -0.114. The molecule has 8 nitrogen and oxygen atoms in total. The second kappa shape index (κ2) is 10.8. The van der Waals surface area contributed by atoms with Crippen molar-refractivity contribution in [3.63, 3.8) is 0 Å². The van der Waals surface area contributed by atoms with E-state index in [0.717, 1.165) is 42.5 Å². The highest BCUT2D eigenvalue weighted by Gasteiger charge is 2.29. The van der Waals surface area contributed by atoms with E-state index in [1.165, 1.54) is 32.3 Å². The first-order valence-corrected chi connectivity index (χ1v) is 12.2. The Kier molecular flexibility index (Phi) is 8.04. The number of anilines is 2. The molecule has 33 heavy (non-hydrogen) atoms. The number of nitrogens with zero attached hydrogens (tertiary/aromatic N) is 2. The monoisotopic (exact) mass is 476 g/mol. The second-order valence-corrected chi connectivity index (χ2v) is 10.2. The van der Waals surface area contributed by atoms with Crippen LogP contribution in [-0.2, 0) is 15.0 Å². The van der Waals surface area contributed by atoms with Crippen LogP contribution in [0.3, 0.4) is 0 Å². The Bertz CT molecular complexity index is 1100. The van der Waals surface area contributed by atoms with Gasteiger partial charge in [0.15, 0.2) is 0 Å². The number of nitrogens with one attached hydrogen (secondary N) is 2. The predicted molar refractivity (Wildman–Crippen MR) is 126 cm³/mol. The minimum absolute atomic E-state index is 0.0942. The smallest absolute Gasteiger partial charge is 0.304 e. The molecule has 178 valence electrons. The van der Waals surface area contributed by atoms with Gasteiger partial charge in [-0.2, -0.15) is 12.7 Å². The number of rotatable bonds is 8. The summed E-state index contributed by atoms with van der Waals surface area (Å²) in [7, 11) is -1.57. The van der Waals surface area contributed by atoms with Crippen LogP contribution in [-0.4, -0.2) is 51.2 Å². The van der Waals surface area contributed by atoms with E-state index in [4.69, 9.17) is 0 Å². The number of para-hydroxylation sites is 2. The van der Waals surface area contributed by atoms with Crippen molar-refractivity contribution in [3.05, 3.63) is 59.9 Å². The molecule has 3 rings (SSSR count). The molecule has 0 unspecified atom stereocenters. The Labute approximate surface area is 194 Å². The van der Waals surface area contributed by atoms with Crippen molar-refractivity contribution in [2.24, 2.45) is 0 Å². The number of amides is 2. The number of benzene rings is 2. The first-order valence-electron chi connectivity index (χ1n) is 10.8. The summed E-state index contributed by atoms with van der Waals surface area (Å²) >= 11 is 0. The standard InChI is InChI=1S/C23H29FN4O4S/c1-27(2)33(31,32)28(21-15-9-7-13-19(21)24)16-22(29)26-20-14-8-6-12-18(20)23(30)25-17-10-4-3-5-11-17/h6-9,12-15,17H,3-5,10-11,16H2,1-2H3,(H,25,30)(H,26,29). The molecule has 0 radical (unpaired) electrons. The SMILES string of the molecule is CN(C)S(=O)(=O)N(CC(=O)Nc1ccccc1C(=O)NC1CCCCC1)c1ccccc1F. The molecule has 2 aromatic carbocycles. The van der Waals surface area contributed by atoms with Crippen molar-refractivity contribution in [3.8, 4) is 0 Å². The molecule has 10 heteroatoms. The van der Waals surface area contributed by atoms with Gasteiger partial charge in [-0.05, 0) is 37.1 Å². The summed E-state index contributed by atoms with van der Waals surface area (Å²) in [6.07, 6.45) is 5.12. The first-order chi connectivity index (χ1) is 15.7. The Morgan fingerprint density at radius 2 is 1.64 bits per heavy atom. The molecule has 1 aliphatic rings. The van der Waals surface area contributed by atoms with Gasteiger partial charge in [-0.25, -0.2) is 8.70 Å². The maximum absolute atomic E-state index is 14.4. The molecule has 1 aliphatic carbocycles. The van der Waals surface area contributed by atoms with Gasteiger partial charge in [0.05, 0.1) is 16.9 Å². The maximum Gasteiger partial charge on any atom is 0.304 e. The molecule has 0 spiro atoms. The molecule has 0 aromatic heterocycles. The van der Waals surface area contributed by atoms with Gasteiger partial charge in [0, 0.05) is 20.1 Å². The highest BCUT2D eigenvalue weighted by Crippen LogP contribution is 2.24. The van der Waals surface area contributed by atoms with E-state index < -0.39 is 28.5 Å². The van der Waals surface area contributed by atoms with Crippen molar-refractivity contribution in [2.45, 2.75) is 38.1 Å². The zero-order valence-corrected chi connectivity index (χ0v) is 19.6. The summed E-state index contributed by atoms with van der Waals surface area (Å²) in [6.45, 7) is -0.667. The molecular weight excluding hydrogens is 447 g/mol. The van der Waals surface area contributed by atoms with Crippen LogP contribution in [0.4, 0.5) is 15.8 Å². The van der Waals surface area contributed by atoms with Gasteiger partial charge in [0.25, 0.3) is 5.91 Å². The number of halogens is 1. The average Bonchev–Trinajstić information content (AvgIpc) is 2.79. The van der Waals surface area contributed by atoms with Gasteiger partial charge >= 0.3 is 10.2 Å². The third-order valence-electron chi connectivity index (χ3n) is 5.53. The minimum Gasteiger partial charge on any atom is -0.349 e. The highest BCUT2D eigenvalue weighted by atomic mass is 32.2. The zero-order valence-electron chi connectivity index (χ0n) is 18.8. The van der Waals surface area contributed by atoms with E-state index in [9.17, 15) is 22.4 Å². The van der Waals surface area contributed by atoms with Crippen molar-refractivity contribution in [1.82, 2.24) is 9.62 Å². The predicted octanol–water partition coefficient (Wildman–Crippen LogP) is 3.14. The molecule has 2 aromatic rings. The van der Waals surface area contributed by atoms with Crippen LogP contribution in [0.15, 0.2) is 48.5 Å². The van der Waals surface area contributed by atoms with E-state index in [1.54, 1.807) is 24.3 Å². The summed E-state index contributed by atoms with van der Waals surface area (Å²) in [5.74, 6) is -1.78. The Balaban J connectivity index is 1.80. The normalized spacial score (nSPS) is 14.7. The third-order valence-corrected chi connectivity index (χ3v) is 7.34. The molecule has 2 N–H and O–H groups in total. The minimum atomic E-state index is -4.16. The molecule has 0 aliphatic heterocycles. The van der Waals surface area contributed by atoms with Gasteiger partial charge in [-0.3, -0.25) is 9.59 Å². The van der Waals surface area contributed by atoms with Crippen LogP contribution >= 0.6 is 0 Å². The van der Waals surface area contributed by atoms with Crippen molar-refractivity contribution >= 4 is 33.4 Å². The van der Waals surface area contributed by atoms with Gasteiger partial charge < -0.3 is 10.6 Å². The molecule has 0 atom stereocenters. The van der Waals surface area contributed by atoms with Gasteiger partial charge in [0.1, 0.15) is 12.4 Å². The maximum atomic E-state index is 14.4. The fourth-order valence-corrected chi connectivity index (χ4v) is 4.83. The van der Waals surface area contributed by atoms with Crippen LogP contribution in [0.25, 0.3) is 0 Å². The van der Waals surface area contributed by atoms with E-state index in [-0.39, 0.29) is 28.9 Å². The molecular formula is C23H29FN4O4S. The second-order valence-electron chi connectivity index (χ2n) is 8.15. The van der Waals surface area contributed by atoms with E-state index >= 15 is 0 Å². The van der Waals surface area contributed by atoms with Crippen molar-refractivity contribution < 1.29 is 22.4 Å². The quantitative estimate of drug-likeness (QED) is 0.612. The Morgan fingerprint density at radius 3 is 2.30 bits per heavy atom. The zero-order chi connectivity index (χ0) is 24.0. The van der Waals surface area contributed by atoms with E-state index in [0.29, 0.717) is 4.31 Å². The molecule has 0 bridgehead atoms. The summed E-state index contributed by atoms with van der Waals surface area (Å²) in [4.78, 5) is 25.7. The summed E-state index contributed by atoms with van der Waals surface area (Å²) < 4.78 is 41.6. The third kappa shape index (κ3) is 6.08. The van der Waals surface area contributed by atoms with Crippen LogP contribution in [0.1, 0.15) is 42.5 Å². The highest BCUT2D eigenvalue weighted by molar-refractivity contribution is 7.90. The Morgan fingerprint density at radius 1 is 1.00 bits per heavy atom. The van der Waals surface area contributed by atoms with Crippen LogP contribution in [0.5, 0.6) is 0 Å². The molecule has 2 amide bonds. The van der Waals surface area contributed by atoms with Crippen molar-refractivity contribution in [2.75, 3.05) is 30.3 Å². The number of carbonyl (C=O) groups excluding carboxylic acids is 2. The van der Waals surface area contributed by atoms with E-state index in [2.05, 4.69) is 10.6 Å². The van der Waals surface area contributed by atoms with Crippen molar-refractivity contribution in [1.29, 1.82) is 0 Å². The van der Waals surface area contributed by atoms with Gasteiger partial charge in [-0.15, -0.1) is 0 Å². The fraction of sp³-hybridized carbons (Fsp3) is 0.391. The lowest BCUT2D eigenvalue weighted by Crippen LogP contribution is -2.44. The summed E-state index contributed by atoms with van der Waals surface area (Å²) in [5.41, 5.74) is 0.292. The summed E-state index contributed by atoms with van der Waals surface area (Å²) in [6, 6.07) is 11.9. The largest absolute Gasteiger partial charge is 0.349 e. The fourth-order valence-electron chi connectivity index (χ4n) is 3.76. The number of hydrogen-bond acceptors (Lipinski definition) is 4. The molecule has 1 fully saturated rings.